The van der Waals surface area contributed by atoms with Gasteiger partial charge in [-0.1, -0.05) is 12.5 Å². The molecule has 0 radical (unpaired) electrons. The molecule has 0 bridgehead atoms. The smallest absolute Gasteiger partial charge is 0.257 e. The number of aromatic hydroxyl groups is 1. The first-order valence-corrected chi connectivity index (χ1v) is 11.4. The summed E-state index contributed by atoms with van der Waals surface area (Å²) in [7, 11) is 1.48. The highest BCUT2D eigenvalue weighted by Gasteiger charge is 2.26. The second-order valence-electron chi connectivity index (χ2n) is 7.65. The van der Waals surface area contributed by atoms with Crippen LogP contribution >= 0.6 is 11.3 Å². The molecule has 0 spiro atoms. The number of ether oxygens (including phenoxy) is 1. The van der Waals surface area contributed by atoms with Crippen molar-refractivity contribution in [2.75, 3.05) is 12.4 Å². The van der Waals surface area contributed by atoms with E-state index in [1.165, 1.54) is 35.6 Å². The second kappa shape index (κ2) is 9.82. The number of hydrogen-bond donors (Lipinski definition) is 3. The molecule has 2 aromatic heterocycles. The normalized spacial score (nSPS) is 13.0. The van der Waals surface area contributed by atoms with E-state index in [0.29, 0.717) is 21.9 Å². The predicted octanol–water partition coefficient (Wildman–Crippen LogP) is 4.31. The summed E-state index contributed by atoms with van der Waals surface area (Å²) in [6.45, 7) is 0.274. The Balaban J connectivity index is 1.58. The number of methoxy groups -OCH3 is 1. The molecule has 0 atom stereocenters. The number of rotatable bonds is 6. The van der Waals surface area contributed by atoms with Crippen LogP contribution in [0.1, 0.15) is 56.0 Å². The number of pyridine rings is 1. The average molecular weight is 452 g/mol. The summed E-state index contributed by atoms with van der Waals surface area (Å²) in [5.41, 5.74) is 2.83. The van der Waals surface area contributed by atoms with Crippen molar-refractivity contribution in [1.29, 1.82) is 0 Å². The number of amides is 2. The Labute approximate surface area is 190 Å². The van der Waals surface area contributed by atoms with Gasteiger partial charge >= 0.3 is 0 Å². The van der Waals surface area contributed by atoms with Crippen LogP contribution in [0.3, 0.4) is 0 Å². The molecule has 32 heavy (non-hydrogen) atoms. The molecular weight excluding hydrogens is 426 g/mol. The van der Waals surface area contributed by atoms with Crippen LogP contribution in [0.15, 0.2) is 42.7 Å². The monoisotopic (exact) mass is 451 g/mol. The Morgan fingerprint density at radius 3 is 2.78 bits per heavy atom. The molecule has 1 aliphatic rings. The van der Waals surface area contributed by atoms with Crippen molar-refractivity contribution in [3.05, 3.63) is 69.9 Å². The van der Waals surface area contributed by atoms with Gasteiger partial charge in [-0.25, -0.2) is 0 Å². The number of anilines is 1. The summed E-state index contributed by atoms with van der Waals surface area (Å²) in [6, 6.07) is 8.36. The third-order valence-corrected chi connectivity index (χ3v) is 6.70. The molecule has 7 nitrogen and oxygen atoms in total. The lowest BCUT2D eigenvalue weighted by Crippen LogP contribution is -2.25. The fourth-order valence-corrected chi connectivity index (χ4v) is 5.13. The van der Waals surface area contributed by atoms with Gasteiger partial charge in [-0.3, -0.25) is 14.6 Å². The summed E-state index contributed by atoms with van der Waals surface area (Å²) >= 11 is 1.49. The van der Waals surface area contributed by atoms with Crippen molar-refractivity contribution in [3.63, 3.8) is 0 Å². The maximum absolute atomic E-state index is 13.3. The van der Waals surface area contributed by atoms with Gasteiger partial charge < -0.3 is 20.5 Å². The summed E-state index contributed by atoms with van der Waals surface area (Å²) in [5, 5.41) is 16.3. The molecule has 2 heterocycles. The van der Waals surface area contributed by atoms with Crippen molar-refractivity contribution < 1.29 is 19.4 Å². The van der Waals surface area contributed by atoms with E-state index in [0.717, 1.165) is 43.2 Å². The minimum Gasteiger partial charge on any atom is -0.504 e. The van der Waals surface area contributed by atoms with Crippen LogP contribution in [0.25, 0.3) is 0 Å². The van der Waals surface area contributed by atoms with E-state index < -0.39 is 0 Å². The van der Waals surface area contributed by atoms with Crippen LogP contribution < -0.4 is 15.4 Å². The highest BCUT2D eigenvalue weighted by Crippen LogP contribution is 2.38. The zero-order chi connectivity index (χ0) is 22.5. The Hall–Kier alpha value is -3.39. The summed E-state index contributed by atoms with van der Waals surface area (Å²) in [5.74, 6) is -0.110. The quantitative estimate of drug-likeness (QED) is 0.485. The molecule has 2 amide bonds. The Morgan fingerprint density at radius 1 is 1.16 bits per heavy atom. The molecule has 8 heteroatoms. The van der Waals surface area contributed by atoms with E-state index in [2.05, 4.69) is 15.6 Å². The molecule has 0 saturated heterocycles. The average Bonchev–Trinajstić information content (AvgIpc) is 2.98. The SMILES string of the molecule is COc1cc(CNC(=O)c2c(NC(=O)c3cccnc3)sc3c2CCCCC3)ccc1O. The fraction of sp³-hybridized carbons (Fsp3) is 0.292. The summed E-state index contributed by atoms with van der Waals surface area (Å²) in [4.78, 5) is 31.2. The topological polar surface area (TPSA) is 101 Å². The summed E-state index contributed by atoms with van der Waals surface area (Å²) in [6.07, 6.45) is 8.09. The van der Waals surface area contributed by atoms with E-state index in [4.69, 9.17) is 4.74 Å². The number of phenols is 1. The van der Waals surface area contributed by atoms with Crippen molar-refractivity contribution in [2.24, 2.45) is 0 Å². The van der Waals surface area contributed by atoms with Crippen LogP contribution in [-0.2, 0) is 19.4 Å². The fourth-order valence-electron chi connectivity index (χ4n) is 3.85. The third-order valence-electron chi connectivity index (χ3n) is 5.50. The first-order valence-electron chi connectivity index (χ1n) is 10.6. The van der Waals surface area contributed by atoms with Gasteiger partial charge in [0.05, 0.1) is 18.2 Å². The van der Waals surface area contributed by atoms with Crippen molar-refractivity contribution in [1.82, 2.24) is 10.3 Å². The number of phenolic OH excluding ortho intramolecular Hbond substituents is 1. The first kappa shape index (κ1) is 21.8. The van der Waals surface area contributed by atoms with Crippen LogP contribution in [0.2, 0.25) is 0 Å². The molecule has 3 N–H and O–H groups in total. The minimum atomic E-state index is -0.285. The number of carbonyl (C=O) groups is 2. The lowest BCUT2D eigenvalue weighted by atomic mass is 10.0. The predicted molar refractivity (Wildman–Crippen MR) is 124 cm³/mol. The number of nitrogens with zero attached hydrogens (tertiary/aromatic N) is 1. The molecule has 3 aromatic rings. The number of aromatic nitrogens is 1. The minimum absolute atomic E-state index is 0.0473. The first-order chi connectivity index (χ1) is 15.6. The maximum atomic E-state index is 13.3. The number of aryl methyl sites for hydroxylation is 1. The van der Waals surface area contributed by atoms with E-state index in [1.54, 1.807) is 30.5 Å². The lowest BCUT2D eigenvalue weighted by Gasteiger charge is -2.11. The Kier molecular flexibility index (Phi) is 6.70. The van der Waals surface area contributed by atoms with Crippen molar-refractivity contribution in [3.8, 4) is 11.5 Å². The number of fused-ring (bicyclic) bond motifs is 1. The van der Waals surface area contributed by atoms with E-state index in [-0.39, 0.29) is 24.1 Å². The summed E-state index contributed by atoms with van der Waals surface area (Å²) < 4.78 is 5.14. The van der Waals surface area contributed by atoms with Crippen LogP contribution in [0.5, 0.6) is 11.5 Å². The van der Waals surface area contributed by atoms with Crippen LogP contribution in [-0.4, -0.2) is 29.0 Å². The zero-order valence-corrected chi connectivity index (χ0v) is 18.6. The van der Waals surface area contributed by atoms with Gasteiger partial charge in [0.2, 0.25) is 0 Å². The number of hydrogen-bond acceptors (Lipinski definition) is 6. The van der Waals surface area contributed by atoms with Gasteiger partial charge in [-0.2, -0.15) is 0 Å². The van der Waals surface area contributed by atoms with Crippen LogP contribution in [0, 0.1) is 0 Å². The highest BCUT2D eigenvalue weighted by molar-refractivity contribution is 7.17. The van der Waals surface area contributed by atoms with Gasteiger partial charge in [0, 0.05) is 23.8 Å². The molecule has 0 saturated carbocycles. The highest BCUT2D eigenvalue weighted by atomic mass is 32.1. The van der Waals surface area contributed by atoms with E-state index >= 15 is 0 Å². The molecule has 0 fully saturated rings. The molecular formula is C24H25N3O4S. The maximum Gasteiger partial charge on any atom is 0.257 e. The van der Waals surface area contributed by atoms with Gasteiger partial charge in [0.1, 0.15) is 5.00 Å². The van der Waals surface area contributed by atoms with Crippen LogP contribution in [0.4, 0.5) is 5.00 Å². The second-order valence-corrected chi connectivity index (χ2v) is 8.76. The number of nitrogens with one attached hydrogen (secondary N) is 2. The number of benzene rings is 1. The molecule has 0 aliphatic heterocycles. The molecule has 0 unspecified atom stereocenters. The molecule has 1 aliphatic carbocycles. The molecule has 1 aromatic carbocycles. The van der Waals surface area contributed by atoms with Gasteiger partial charge in [-0.15, -0.1) is 11.3 Å². The van der Waals surface area contributed by atoms with Gasteiger partial charge in [-0.05, 0) is 61.1 Å². The van der Waals surface area contributed by atoms with Gasteiger partial charge in [0.15, 0.2) is 11.5 Å². The van der Waals surface area contributed by atoms with E-state index in [9.17, 15) is 14.7 Å². The Bertz CT molecular complexity index is 1130. The number of thiophene rings is 1. The molecule has 166 valence electrons. The van der Waals surface area contributed by atoms with Crippen molar-refractivity contribution in [2.45, 2.75) is 38.6 Å². The largest absolute Gasteiger partial charge is 0.504 e. The Morgan fingerprint density at radius 2 is 2.00 bits per heavy atom. The van der Waals surface area contributed by atoms with Gasteiger partial charge in [0.25, 0.3) is 11.8 Å². The van der Waals surface area contributed by atoms with E-state index in [1.807, 2.05) is 0 Å². The number of carbonyl (C=O) groups excluding carboxylic acids is 2. The zero-order valence-electron chi connectivity index (χ0n) is 17.8. The lowest BCUT2D eigenvalue weighted by molar-refractivity contribution is 0.0951. The van der Waals surface area contributed by atoms with Crippen molar-refractivity contribution >= 4 is 28.2 Å². The molecule has 4 rings (SSSR count). The standard InChI is InChI=1S/C24H25N3O4S/c1-31-19-12-15(9-10-18(19)28)13-26-23(30)21-17-7-3-2-4-8-20(17)32-24(21)27-22(29)16-6-5-11-25-14-16/h5-6,9-12,14,28H,2-4,7-8,13H2,1H3,(H,26,30)(H,27,29). The third kappa shape index (κ3) is 4.75.